The fourth-order valence-corrected chi connectivity index (χ4v) is 3.13. The van der Waals surface area contributed by atoms with Crippen LogP contribution in [0, 0.1) is 0 Å². The van der Waals surface area contributed by atoms with Crippen molar-refractivity contribution in [3.63, 3.8) is 0 Å². The molecular formula is C15H22N2O. The summed E-state index contributed by atoms with van der Waals surface area (Å²) in [7, 11) is 0. The predicted molar refractivity (Wildman–Crippen MR) is 73.6 cm³/mol. The Morgan fingerprint density at radius 1 is 1.22 bits per heavy atom. The Labute approximate surface area is 109 Å². The molecule has 0 radical (unpaired) electrons. The molecule has 1 saturated heterocycles. The molecule has 2 heterocycles. The minimum Gasteiger partial charge on any atom is -0.379 e. The monoisotopic (exact) mass is 246 g/mol. The second kappa shape index (κ2) is 5.29. The summed E-state index contributed by atoms with van der Waals surface area (Å²) in [6, 6.07) is 2.39. The Balaban J connectivity index is 1.82. The highest BCUT2D eigenvalue weighted by Gasteiger charge is 2.19. The molecular weight excluding hydrogens is 224 g/mol. The molecule has 3 rings (SSSR count). The van der Waals surface area contributed by atoms with Gasteiger partial charge in [-0.1, -0.05) is 6.58 Å². The van der Waals surface area contributed by atoms with E-state index in [-0.39, 0.29) is 0 Å². The van der Waals surface area contributed by atoms with Crippen molar-refractivity contribution in [2.45, 2.75) is 32.2 Å². The van der Waals surface area contributed by atoms with Crippen molar-refractivity contribution in [3.05, 3.63) is 29.6 Å². The lowest BCUT2D eigenvalue weighted by Crippen LogP contribution is -2.36. The standard InChI is InChI=1S/C15H22N2O/c1-2-17-14(12-16-7-9-18-10-8-16)11-13-5-3-4-6-15(13)17/h2,11H,1,3-10,12H2. The molecule has 98 valence electrons. The topological polar surface area (TPSA) is 17.4 Å². The Kier molecular flexibility index (Phi) is 3.52. The first-order valence-electron chi connectivity index (χ1n) is 7.03. The molecule has 2 aliphatic rings. The summed E-state index contributed by atoms with van der Waals surface area (Å²) in [6.45, 7) is 8.85. The highest BCUT2D eigenvalue weighted by molar-refractivity contribution is 5.38. The second-order valence-electron chi connectivity index (χ2n) is 5.26. The van der Waals surface area contributed by atoms with E-state index < -0.39 is 0 Å². The lowest BCUT2D eigenvalue weighted by Gasteiger charge is -2.26. The van der Waals surface area contributed by atoms with Gasteiger partial charge >= 0.3 is 0 Å². The van der Waals surface area contributed by atoms with Crippen molar-refractivity contribution < 1.29 is 4.74 Å². The van der Waals surface area contributed by atoms with Gasteiger partial charge in [0.25, 0.3) is 0 Å². The zero-order valence-electron chi connectivity index (χ0n) is 11.0. The highest BCUT2D eigenvalue weighted by Crippen LogP contribution is 2.26. The van der Waals surface area contributed by atoms with Gasteiger partial charge in [0, 0.05) is 37.2 Å². The lowest BCUT2D eigenvalue weighted by molar-refractivity contribution is 0.0335. The molecule has 0 saturated carbocycles. The molecule has 3 heteroatoms. The number of fused-ring (bicyclic) bond motifs is 1. The Bertz CT molecular complexity index is 430. The smallest absolute Gasteiger partial charge is 0.0594 e. The minimum absolute atomic E-state index is 0.870. The molecule has 1 aromatic heterocycles. The van der Waals surface area contributed by atoms with Crippen LogP contribution in [0.15, 0.2) is 12.6 Å². The average Bonchev–Trinajstić information content (AvgIpc) is 2.77. The van der Waals surface area contributed by atoms with Crippen LogP contribution in [0.1, 0.15) is 29.8 Å². The predicted octanol–water partition coefficient (Wildman–Crippen LogP) is 2.30. The summed E-state index contributed by atoms with van der Waals surface area (Å²) < 4.78 is 7.73. The van der Waals surface area contributed by atoms with Crippen LogP contribution >= 0.6 is 0 Å². The van der Waals surface area contributed by atoms with Crippen LogP contribution in [0.2, 0.25) is 0 Å². The molecule has 0 atom stereocenters. The summed E-state index contributed by atoms with van der Waals surface area (Å²) >= 11 is 0. The van der Waals surface area contributed by atoms with Crippen molar-refractivity contribution in [1.29, 1.82) is 0 Å². The molecule has 0 spiro atoms. The summed E-state index contributed by atoms with van der Waals surface area (Å²) in [6.07, 6.45) is 7.10. The number of morpholine rings is 1. The van der Waals surface area contributed by atoms with E-state index in [9.17, 15) is 0 Å². The highest BCUT2D eigenvalue weighted by atomic mass is 16.5. The van der Waals surface area contributed by atoms with Crippen molar-refractivity contribution in [2.24, 2.45) is 0 Å². The van der Waals surface area contributed by atoms with Crippen LogP contribution in [-0.2, 0) is 24.1 Å². The summed E-state index contributed by atoms with van der Waals surface area (Å²) in [5.41, 5.74) is 4.45. The Hall–Kier alpha value is -1.06. The first-order valence-corrected chi connectivity index (χ1v) is 7.03. The van der Waals surface area contributed by atoms with Gasteiger partial charge in [-0.05, 0) is 37.3 Å². The average molecular weight is 246 g/mol. The largest absolute Gasteiger partial charge is 0.379 e. The Morgan fingerprint density at radius 3 is 2.78 bits per heavy atom. The van der Waals surface area contributed by atoms with Gasteiger partial charge in [-0.2, -0.15) is 0 Å². The van der Waals surface area contributed by atoms with Crippen molar-refractivity contribution in [2.75, 3.05) is 26.3 Å². The maximum absolute atomic E-state index is 5.41. The Morgan fingerprint density at radius 2 is 2.00 bits per heavy atom. The van der Waals surface area contributed by atoms with Crippen LogP contribution in [0.3, 0.4) is 0 Å². The number of aryl methyl sites for hydroxylation is 1. The van der Waals surface area contributed by atoms with Crippen molar-refractivity contribution in [3.8, 4) is 0 Å². The minimum atomic E-state index is 0.870. The normalized spacial score (nSPS) is 20.7. The molecule has 0 N–H and O–H groups in total. The first-order chi connectivity index (χ1) is 8.88. The zero-order chi connectivity index (χ0) is 12.4. The summed E-state index contributed by atoms with van der Waals surface area (Å²) in [5, 5.41) is 0. The van der Waals surface area contributed by atoms with Gasteiger partial charge in [0.15, 0.2) is 0 Å². The van der Waals surface area contributed by atoms with E-state index in [2.05, 4.69) is 22.1 Å². The summed E-state index contributed by atoms with van der Waals surface area (Å²) in [5.74, 6) is 0. The zero-order valence-corrected chi connectivity index (χ0v) is 11.0. The van der Waals surface area contributed by atoms with Gasteiger partial charge in [0.1, 0.15) is 0 Å². The second-order valence-corrected chi connectivity index (χ2v) is 5.26. The van der Waals surface area contributed by atoms with E-state index in [0.717, 1.165) is 32.8 Å². The van der Waals surface area contributed by atoms with Crippen LogP contribution in [0.5, 0.6) is 0 Å². The van der Waals surface area contributed by atoms with Gasteiger partial charge in [0.05, 0.1) is 13.2 Å². The molecule has 1 aliphatic heterocycles. The van der Waals surface area contributed by atoms with Gasteiger partial charge < -0.3 is 9.30 Å². The fraction of sp³-hybridized carbons (Fsp3) is 0.600. The van der Waals surface area contributed by atoms with Gasteiger partial charge in [-0.15, -0.1) is 0 Å². The number of nitrogens with zero attached hydrogens (tertiary/aromatic N) is 2. The van der Waals surface area contributed by atoms with Crippen molar-refractivity contribution in [1.82, 2.24) is 9.47 Å². The molecule has 1 aromatic rings. The van der Waals surface area contributed by atoms with Crippen molar-refractivity contribution >= 4 is 6.20 Å². The number of aromatic nitrogens is 1. The van der Waals surface area contributed by atoms with E-state index in [1.807, 2.05) is 6.20 Å². The molecule has 1 fully saturated rings. The quantitative estimate of drug-likeness (QED) is 0.814. The molecule has 0 bridgehead atoms. The molecule has 3 nitrogen and oxygen atoms in total. The van der Waals surface area contributed by atoms with E-state index in [4.69, 9.17) is 4.74 Å². The number of hydrogen-bond acceptors (Lipinski definition) is 2. The molecule has 1 aliphatic carbocycles. The number of ether oxygens (including phenoxy) is 1. The third-order valence-electron chi connectivity index (χ3n) is 4.09. The van der Waals surface area contributed by atoms with E-state index in [0.29, 0.717) is 0 Å². The third kappa shape index (κ3) is 2.25. The van der Waals surface area contributed by atoms with Gasteiger partial charge in [0.2, 0.25) is 0 Å². The van der Waals surface area contributed by atoms with Crippen LogP contribution < -0.4 is 0 Å². The van der Waals surface area contributed by atoms with Gasteiger partial charge in [-0.3, -0.25) is 4.90 Å². The molecule has 0 amide bonds. The first kappa shape index (κ1) is 12.0. The third-order valence-corrected chi connectivity index (χ3v) is 4.09. The molecule has 0 unspecified atom stereocenters. The van der Waals surface area contributed by atoms with Crippen LogP contribution in [0.25, 0.3) is 6.20 Å². The van der Waals surface area contributed by atoms with Crippen LogP contribution in [-0.4, -0.2) is 35.8 Å². The molecule has 0 aromatic carbocycles. The maximum Gasteiger partial charge on any atom is 0.0594 e. The number of rotatable bonds is 3. The summed E-state index contributed by atoms with van der Waals surface area (Å²) in [4.78, 5) is 2.48. The lowest BCUT2D eigenvalue weighted by atomic mass is 9.98. The maximum atomic E-state index is 5.41. The number of hydrogen-bond donors (Lipinski definition) is 0. The van der Waals surface area contributed by atoms with Gasteiger partial charge in [-0.25, -0.2) is 0 Å². The van der Waals surface area contributed by atoms with E-state index in [1.54, 1.807) is 5.56 Å². The fourth-order valence-electron chi connectivity index (χ4n) is 3.13. The van der Waals surface area contributed by atoms with E-state index >= 15 is 0 Å². The molecule has 18 heavy (non-hydrogen) atoms. The van der Waals surface area contributed by atoms with Crippen LogP contribution in [0.4, 0.5) is 0 Å². The SMILES string of the molecule is C=Cn1c(CN2CCOCC2)cc2c1CCCC2. The van der Waals surface area contributed by atoms with E-state index in [1.165, 1.54) is 37.1 Å².